The van der Waals surface area contributed by atoms with E-state index in [1.54, 1.807) is 0 Å². The van der Waals surface area contributed by atoms with Crippen LogP contribution in [0.5, 0.6) is 0 Å². The van der Waals surface area contributed by atoms with E-state index in [0.717, 1.165) is 6.42 Å². The molecule has 1 saturated carbocycles. The van der Waals surface area contributed by atoms with Crippen molar-refractivity contribution in [2.75, 3.05) is 14.7 Å². The van der Waals surface area contributed by atoms with E-state index in [-0.39, 0.29) is 39.3 Å². The quantitative estimate of drug-likeness (QED) is 0.164. The van der Waals surface area contributed by atoms with Gasteiger partial charge >= 0.3 is 0 Å². The van der Waals surface area contributed by atoms with Gasteiger partial charge in [-0.1, -0.05) is 176 Å². The van der Waals surface area contributed by atoms with Crippen LogP contribution in [0.25, 0.3) is 0 Å². The fraction of sp³-hybridized carbons (Fsp3) is 0.410. The van der Waals surface area contributed by atoms with Gasteiger partial charge in [-0.2, -0.15) is 0 Å². The van der Waals surface area contributed by atoms with Gasteiger partial charge in [0.05, 0.1) is 5.54 Å². The van der Waals surface area contributed by atoms with Crippen molar-refractivity contribution in [3.8, 4) is 0 Å². The topological polar surface area (TPSA) is 9.72 Å². The number of para-hydroxylation sites is 1. The molecule has 2 unspecified atom stereocenters. The van der Waals surface area contributed by atoms with Gasteiger partial charge in [-0.25, -0.2) is 0 Å². The second kappa shape index (κ2) is 14.6. The number of anilines is 8. The highest BCUT2D eigenvalue weighted by Crippen LogP contribution is 2.61. The fourth-order valence-corrected chi connectivity index (χ4v) is 12.1. The van der Waals surface area contributed by atoms with E-state index in [9.17, 15) is 0 Å². The zero-order valence-electron chi connectivity index (χ0n) is 42.0. The summed E-state index contributed by atoms with van der Waals surface area (Å²) in [4.78, 5) is 8.10. The Morgan fingerprint density at radius 1 is 0.415 bits per heavy atom. The molecule has 0 bridgehead atoms. The van der Waals surface area contributed by atoms with Gasteiger partial charge < -0.3 is 14.7 Å². The molecule has 6 aromatic carbocycles. The molecule has 334 valence electrons. The second-order valence-corrected chi connectivity index (χ2v) is 24.7. The number of benzene rings is 6. The smallest absolute Gasteiger partial charge is 0.252 e. The molecular formula is C61H72BN3. The molecule has 3 heterocycles. The van der Waals surface area contributed by atoms with Crippen molar-refractivity contribution in [3.05, 3.63) is 149 Å². The molecule has 4 aliphatic rings. The Labute approximate surface area is 392 Å². The summed E-state index contributed by atoms with van der Waals surface area (Å²) in [6.07, 6.45) is 6.14. The van der Waals surface area contributed by atoms with E-state index in [2.05, 4.69) is 233 Å². The molecule has 0 aromatic heterocycles. The van der Waals surface area contributed by atoms with Crippen molar-refractivity contribution >= 4 is 68.6 Å². The van der Waals surface area contributed by atoms with Gasteiger partial charge in [-0.15, -0.1) is 0 Å². The van der Waals surface area contributed by atoms with Crippen LogP contribution >= 0.6 is 0 Å². The summed E-state index contributed by atoms with van der Waals surface area (Å²) in [7, 11) is 0. The number of fused-ring (bicyclic) bond motifs is 7. The molecule has 4 heteroatoms. The molecule has 6 aromatic rings. The molecule has 0 saturated heterocycles. The van der Waals surface area contributed by atoms with Crippen LogP contribution in [0, 0.1) is 0 Å². The highest BCUT2D eigenvalue weighted by Gasteiger charge is 2.57. The summed E-state index contributed by atoms with van der Waals surface area (Å²) in [5.41, 5.74) is 21.1. The van der Waals surface area contributed by atoms with Gasteiger partial charge in [0, 0.05) is 50.9 Å². The predicted octanol–water partition coefficient (Wildman–Crippen LogP) is 15.1. The van der Waals surface area contributed by atoms with Crippen molar-refractivity contribution < 1.29 is 0 Å². The Balaban J connectivity index is 1.35. The number of rotatable bonds is 3. The van der Waals surface area contributed by atoms with Gasteiger partial charge in [-0.3, -0.25) is 0 Å². The summed E-state index contributed by atoms with van der Waals surface area (Å²) in [5.74, 6) is 0. The lowest BCUT2D eigenvalue weighted by molar-refractivity contribution is 0.261. The summed E-state index contributed by atoms with van der Waals surface area (Å²) in [6, 6.07) is 48.4. The van der Waals surface area contributed by atoms with Crippen LogP contribution in [0.1, 0.15) is 157 Å². The van der Waals surface area contributed by atoms with E-state index in [1.165, 1.54) is 115 Å². The molecule has 65 heavy (non-hydrogen) atoms. The van der Waals surface area contributed by atoms with Gasteiger partial charge in [0.15, 0.2) is 0 Å². The summed E-state index contributed by atoms with van der Waals surface area (Å²) in [6.45, 7) is 33.3. The first-order chi connectivity index (χ1) is 30.5. The average molecular weight is 858 g/mol. The van der Waals surface area contributed by atoms with Crippen LogP contribution in [0.3, 0.4) is 0 Å². The fourth-order valence-electron chi connectivity index (χ4n) is 12.1. The molecule has 0 radical (unpaired) electrons. The van der Waals surface area contributed by atoms with E-state index in [4.69, 9.17) is 0 Å². The first-order valence-corrected chi connectivity index (χ1v) is 24.7. The molecule has 3 aliphatic heterocycles. The minimum absolute atomic E-state index is 0.0121. The normalized spacial score (nSPS) is 20.5. The molecule has 10 rings (SSSR count). The molecular weight excluding hydrogens is 786 g/mol. The molecule has 2 atom stereocenters. The Morgan fingerprint density at radius 2 is 0.985 bits per heavy atom. The van der Waals surface area contributed by atoms with Crippen molar-refractivity contribution in [1.29, 1.82) is 0 Å². The Morgan fingerprint density at radius 3 is 1.65 bits per heavy atom. The highest BCUT2D eigenvalue weighted by atomic mass is 15.3. The number of hydrogen-bond acceptors (Lipinski definition) is 3. The van der Waals surface area contributed by atoms with E-state index < -0.39 is 0 Å². The van der Waals surface area contributed by atoms with Crippen LogP contribution in [-0.4, -0.2) is 12.3 Å². The molecule has 1 aliphatic carbocycles. The number of hydrogen-bond donors (Lipinski definition) is 0. The second-order valence-electron chi connectivity index (χ2n) is 24.7. The van der Waals surface area contributed by atoms with Gasteiger partial charge in [0.1, 0.15) is 0 Å². The van der Waals surface area contributed by atoms with Crippen molar-refractivity contribution in [2.24, 2.45) is 0 Å². The van der Waals surface area contributed by atoms with Crippen molar-refractivity contribution in [2.45, 2.75) is 162 Å². The third-order valence-electron chi connectivity index (χ3n) is 16.3. The Hall–Kier alpha value is -5.22. The van der Waals surface area contributed by atoms with Crippen molar-refractivity contribution in [1.82, 2.24) is 0 Å². The predicted molar refractivity (Wildman–Crippen MR) is 283 cm³/mol. The van der Waals surface area contributed by atoms with Crippen LogP contribution in [0.2, 0.25) is 0 Å². The first-order valence-electron chi connectivity index (χ1n) is 24.7. The van der Waals surface area contributed by atoms with E-state index in [0.29, 0.717) is 0 Å². The van der Waals surface area contributed by atoms with Gasteiger partial charge in [-0.05, 0) is 140 Å². The monoisotopic (exact) mass is 858 g/mol. The molecule has 0 spiro atoms. The third-order valence-corrected chi connectivity index (χ3v) is 16.3. The maximum absolute atomic E-state index is 2.81. The van der Waals surface area contributed by atoms with Gasteiger partial charge in [0.25, 0.3) is 6.71 Å². The van der Waals surface area contributed by atoms with E-state index in [1.807, 2.05) is 0 Å². The zero-order chi connectivity index (χ0) is 46.2. The summed E-state index contributed by atoms with van der Waals surface area (Å²) < 4.78 is 0. The SMILES string of the molecule is CC(C)(C)c1ccc(N2c3ccc(C(C)(C)C)cc3B3c4ccc(C(C)(C)C)cc4N(c4cccc(C(C)(C)C)c4)c4cc(N5c6ccccc6C6(C)CCCCCC56C)cc2c43)cc1. The average Bonchev–Trinajstić information content (AvgIpc) is 3.31. The van der Waals surface area contributed by atoms with E-state index >= 15 is 0 Å². The van der Waals surface area contributed by atoms with Crippen LogP contribution in [0.15, 0.2) is 121 Å². The summed E-state index contributed by atoms with van der Waals surface area (Å²) >= 11 is 0. The zero-order valence-corrected chi connectivity index (χ0v) is 42.0. The standard InChI is InChI=1S/C61H72BN3/c1-56(2,3)40-25-29-44(30-26-40)63-51-32-28-42(58(7,8)9)36-49(51)62-48-31-27-43(59(10,11)12)37-52(48)64(45-22-20-21-41(35-45)57(4,5)6)54-39-46(38-53(63)55(54)62)65-50-24-17-16-23-47(50)60(13)33-18-15-19-34-61(60,65)14/h16-17,20-32,35-39H,15,18-19,33-34H2,1-14H3. The molecule has 0 amide bonds. The minimum atomic E-state index is -0.107. The van der Waals surface area contributed by atoms with Crippen LogP contribution in [-0.2, 0) is 27.1 Å². The maximum Gasteiger partial charge on any atom is 0.252 e. The lowest BCUT2D eigenvalue weighted by Gasteiger charge is -2.48. The molecule has 0 N–H and O–H groups in total. The van der Waals surface area contributed by atoms with Crippen LogP contribution < -0.4 is 31.1 Å². The Bertz CT molecular complexity index is 2840. The third kappa shape index (κ3) is 6.81. The lowest BCUT2D eigenvalue weighted by Crippen LogP contribution is -2.61. The molecule has 3 nitrogen and oxygen atoms in total. The number of nitrogens with zero attached hydrogens (tertiary/aromatic N) is 3. The minimum Gasteiger partial charge on any atom is -0.334 e. The Kier molecular flexibility index (Phi) is 9.84. The van der Waals surface area contributed by atoms with Crippen molar-refractivity contribution in [3.63, 3.8) is 0 Å². The maximum atomic E-state index is 2.81. The van der Waals surface area contributed by atoms with Gasteiger partial charge in [0.2, 0.25) is 0 Å². The highest BCUT2D eigenvalue weighted by molar-refractivity contribution is 7.00. The first kappa shape index (κ1) is 43.7. The van der Waals surface area contributed by atoms with Crippen LogP contribution in [0.4, 0.5) is 45.5 Å². The summed E-state index contributed by atoms with van der Waals surface area (Å²) in [5, 5.41) is 0. The lowest BCUT2D eigenvalue weighted by atomic mass is 9.33. The molecule has 1 fully saturated rings. The largest absolute Gasteiger partial charge is 0.334 e.